The van der Waals surface area contributed by atoms with E-state index in [0.29, 0.717) is 49.7 Å². The molecule has 0 saturated carbocycles. The molecule has 1 saturated heterocycles. The molecule has 2 aliphatic rings. The summed E-state index contributed by atoms with van der Waals surface area (Å²) in [5.41, 5.74) is 4.33. The van der Waals surface area contributed by atoms with Crippen molar-refractivity contribution in [1.29, 1.82) is 0 Å². The van der Waals surface area contributed by atoms with Gasteiger partial charge < -0.3 is 19.5 Å². The van der Waals surface area contributed by atoms with E-state index >= 15 is 0 Å². The van der Waals surface area contributed by atoms with E-state index in [9.17, 15) is 9.59 Å². The van der Waals surface area contributed by atoms with Crippen molar-refractivity contribution in [3.05, 3.63) is 71.6 Å². The van der Waals surface area contributed by atoms with Gasteiger partial charge in [-0.2, -0.15) is 0 Å². The Balaban J connectivity index is 1.21. The Morgan fingerprint density at radius 1 is 0.968 bits per heavy atom. The lowest BCUT2D eigenvalue weighted by atomic mass is 10.00. The number of carbonyl (C=O) groups excluding carboxylic acids is 2. The van der Waals surface area contributed by atoms with Crippen molar-refractivity contribution in [1.82, 2.24) is 19.8 Å². The van der Waals surface area contributed by atoms with Crippen molar-refractivity contribution in [2.75, 3.05) is 39.4 Å². The molecule has 0 bridgehead atoms. The molecule has 158 valence electrons. The predicted molar refractivity (Wildman–Crippen MR) is 118 cm³/mol. The maximum Gasteiger partial charge on any atom is 0.270 e. The minimum Gasteiger partial charge on any atom is -0.377 e. The topological polar surface area (TPSA) is 78.5 Å². The molecule has 7 heteroatoms. The van der Waals surface area contributed by atoms with Crippen LogP contribution in [0.5, 0.6) is 0 Å². The number of amides is 2. The zero-order chi connectivity index (χ0) is 21.2. The molecule has 7 nitrogen and oxygen atoms in total. The number of nitrogens with one attached hydrogen (secondary N) is 1. The zero-order valence-corrected chi connectivity index (χ0v) is 17.2. The van der Waals surface area contributed by atoms with Gasteiger partial charge in [-0.25, -0.2) is 4.98 Å². The van der Waals surface area contributed by atoms with Gasteiger partial charge in [0.05, 0.1) is 13.2 Å². The molecule has 1 fully saturated rings. The van der Waals surface area contributed by atoms with E-state index in [1.165, 1.54) is 5.57 Å². The molecule has 1 N–H and O–H groups in total. The number of benzene rings is 1. The summed E-state index contributed by atoms with van der Waals surface area (Å²) in [5.74, 6) is -0.0476. The number of H-pyrrole nitrogens is 1. The number of hydrogen-bond acceptors (Lipinski definition) is 4. The number of aromatic nitrogens is 2. The van der Waals surface area contributed by atoms with E-state index in [1.807, 2.05) is 47.4 Å². The monoisotopic (exact) mass is 416 g/mol. The zero-order valence-electron chi connectivity index (χ0n) is 17.2. The average Bonchev–Trinajstić information content (AvgIpc) is 3.28. The lowest BCUT2D eigenvalue weighted by Crippen LogP contribution is -2.50. The molecule has 4 heterocycles. The third-order valence-corrected chi connectivity index (χ3v) is 5.94. The number of carbonyl (C=O) groups is 2. The lowest BCUT2D eigenvalue weighted by molar-refractivity contribution is 0.0533. The van der Waals surface area contributed by atoms with E-state index in [2.05, 4.69) is 16.0 Å². The predicted octanol–water partition coefficient (Wildman–Crippen LogP) is 2.96. The highest BCUT2D eigenvalue weighted by Gasteiger charge is 2.26. The molecule has 2 aromatic heterocycles. The molecule has 2 amide bonds. The van der Waals surface area contributed by atoms with Crippen molar-refractivity contribution < 1.29 is 14.3 Å². The van der Waals surface area contributed by atoms with Gasteiger partial charge in [0.2, 0.25) is 0 Å². The Kier molecular flexibility index (Phi) is 5.26. The molecular weight excluding hydrogens is 392 g/mol. The van der Waals surface area contributed by atoms with Gasteiger partial charge in [0.15, 0.2) is 0 Å². The first-order valence-electron chi connectivity index (χ1n) is 10.6. The Labute approximate surface area is 180 Å². The fourth-order valence-electron chi connectivity index (χ4n) is 4.15. The van der Waals surface area contributed by atoms with Crippen molar-refractivity contribution in [3.8, 4) is 0 Å². The SMILES string of the molecule is O=C(c1ccc(C2=CCOCC2)cc1)N1CCN(C(=O)c2cc3cccnc3[nH]2)CC1. The first-order valence-corrected chi connectivity index (χ1v) is 10.6. The van der Waals surface area contributed by atoms with Crippen LogP contribution in [0.15, 0.2) is 54.7 Å². The minimum atomic E-state index is -0.0563. The Morgan fingerprint density at radius 3 is 2.39 bits per heavy atom. The van der Waals surface area contributed by atoms with E-state index < -0.39 is 0 Å². The second-order valence-electron chi connectivity index (χ2n) is 7.84. The van der Waals surface area contributed by atoms with Crippen LogP contribution in [-0.4, -0.2) is 71.0 Å². The van der Waals surface area contributed by atoms with Crippen LogP contribution in [0.2, 0.25) is 0 Å². The second-order valence-corrected chi connectivity index (χ2v) is 7.84. The summed E-state index contributed by atoms with van der Waals surface area (Å²) >= 11 is 0. The molecule has 2 aliphatic heterocycles. The summed E-state index contributed by atoms with van der Waals surface area (Å²) in [4.78, 5) is 36.7. The number of aromatic amines is 1. The van der Waals surface area contributed by atoms with Crippen LogP contribution in [0.3, 0.4) is 0 Å². The number of ether oxygens (including phenoxy) is 1. The molecular formula is C24H24N4O3. The van der Waals surface area contributed by atoms with Crippen LogP contribution in [-0.2, 0) is 4.74 Å². The Bertz CT molecular complexity index is 1110. The summed E-state index contributed by atoms with van der Waals surface area (Å²) in [5, 5.41) is 0.916. The van der Waals surface area contributed by atoms with Gasteiger partial charge in [0, 0.05) is 43.3 Å². The van der Waals surface area contributed by atoms with Crippen molar-refractivity contribution in [2.24, 2.45) is 0 Å². The number of pyridine rings is 1. The third kappa shape index (κ3) is 3.96. The number of fused-ring (bicyclic) bond motifs is 1. The molecule has 5 rings (SSSR count). The number of nitrogens with zero attached hydrogens (tertiary/aromatic N) is 3. The van der Waals surface area contributed by atoms with Gasteiger partial charge in [0.25, 0.3) is 11.8 Å². The molecule has 0 unspecified atom stereocenters. The highest BCUT2D eigenvalue weighted by molar-refractivity contribution is 5.98. The van der Waals surface area contributed by atoms with E-state index in [4.69, 9.17) is 4.74 Å². The van der Waals surface area contributed by atoms with Crippen LogP contribution < -0.4 is 0 Å². The summed E-state index contributed by atoms with van der Waals surface area (Å²) in [6.07, 6.45) is 4.69. The lowest BCUT2D eigenvalue weighted by Gasteiger charge is -2.34. The van der Waals surface area contributed by atoms with Crippen LogP contribution in [0.1, 0.15) is 32.8 Å². The van der Waals surface area contributed by atoms with Gasteiger partial charge in [-0.1, -0.05) is 18.2 Å². The first-order chi connectivity index (χ1) is 15.2. The fourth-order valence-corrected chi connectivity index (χ4v) is 4.15. The van der Waals surface area contributed by atoms with Gasteiger partial charge in [-0.05, 0) is 47.9 Å². The summed E-state index contributed by atoms with van der Waals surface area (Å²) in [7, 11) is 0. The fraction of sp³-hybridized carbons (Fsp3) is 0.292. The normalized spacial score (nSPS) is 17.0. The van der Waals surface area contributed by atoms with Gasteiger partial charge >= 0.3 is 0 Å². The smallest absolute Gasteiger partial charge is 0.270 e. The third-order valence-electron chi connectivity index (χ3n) is 5.94. The number of piperazine rings is 1. The largest absolute Gasteiger partial charge is 0.377 e. The van der Waals surface area contributed by atoms with Gasteiger partial charge in [0.1, 0.15) is 11.3 Å². The molecule has 3 aromatic rings. The molecule has 1 aromatic carbocycles. The van der Waals surface area contributed by atoms with Crippen molar-refractivity contribution >= 4 is 28.4 Å². The Hall–Kier alpha value is -3.45. The van der Waals surface area contributed by atoms with E-state index in [0.717, 1.165) is 24.0 Å². The minimum absolute atomic E-state index is 0.00872. The van der Waals surface area contributed by atoms with Crippen LogP contribution in [0.25, 0.3) is 16.6 Å². The molecule has 0 atom stereocenters. The Morgan fingerprint density at radius 2 is 1.71 bits per heavy atom. The summed E-state index contributed by atoms with van der Waals surface area (Å²) < 4.78 is 5.36. The van der Waals surface area contributed by atoms with Crippen LogP contribution in [0, 0.1) is 0 Å². The molecule has 0 aliphatic carbocycles. The van der Waals surface area contributed by atoms with Crippen molar-refractivity contribution in [2.45, 2.75) is 6.42 Å². The quantitative estimate of drug-likeness (QED) is 0.712. The maximum absolute atomic E-state index is 12.9. The van der Waals surface area contributed by atoms with Crippen LogP contribution >= 0.6 is 0 Å². The first kappa shape index (κ1) is 19.5. The standard InChI is InChI=1S/C24H24N4O3/c29-23(19-5-3-17(4-6-19)18-7-14-31-15-8-18)27-10-12-28(13-11-27)24(30)21-16-20-2-1-9-25-22(20)26-21/h1-7,9,16H,8,10-15H2,(H,25,26). The summed E-state index contributed by atoms with van der Waals surface area (Å²) in [6.45, 7) is 3.45. The van der Waals surface area contributed by atoms with E-state index in [1.54, 1.807) is 11.1 Å². The summed E-state index contributed by atoms with van der Waals surface area (Å²) in [6, 6.07) is 13.4. The maximum atomic E-state index is 12.9. The molecule has 31 heavy (non-hydrogen) atoms. The highest BCUT2D eigenvalue weighted by atomic mass is 16.5. The van der Waals surface area contributed by atoms with Gasteiger partial charge in [-0.3, -0.25) is 9.59 Å². The van der Waals surface area contributed by atoms with Crippen LogP contribution in [0.4, 0.5) is 0 Å². The molecule has 0 spiro atoms. The number of rotatable bonds is 3. The second kappa shape index (κ2) is 8.35. The van der Waals surface area contributed by atoms with Crippen molar-refractivity contribution in [3.63, 3.8) is 0 Å². The van der Waals surface area contributed by atoms with Gasteiger partial charge in [-0.15, -0.1) is 0 Å². The average molecular weight is 416 g/mol. The number of hydrogen-bond donors (Lipinski definition) is 1. The van der Waals surface area contributed by atoms with E-state index in [-0.39, 0.29) is 11.8 Å². The molecule has 0 radical (unpaired) electrons. The highest BCUT2D eigenvalue weighted by Crippen LogP contribution is 2.22.